The van der Waals surface area contributed by atoms with Crippen LogP contribution in [0.15, 0.2) is 55.5 Å². The summed E-state index contributed by atoms with van der Waals surface area (Å²) in [7, 11) is 0. The molecule has 2 aliphatic heterocycles. The summed E-state index contributed by atoms with van der Waals surface area (Å²) in [6, 6.07) is 10.4. The van der Waals surface area contributed by atoms with E-state index < -0.39 is 5.63 Å². The molecule has 1 amide bonds. The van der Waals surface area contributed by atoms with Crippen molar-refractivity contribution in [3.05, 3.63) is 52.4 Å². The summed E-state index contributed by atoms with van der Waals surface area (Å²) in [5, 5.41) is 3.44. The zero-order valence-electron chi connectivity index (χ0n) is 11.4. The van der Waals surface area contributed by atoms with Crippen molar-refractivity contribution in [3.8, 4) is 0 Å². The lowest BCUT2D eigenvalue weighted by Gasteiger charge is -2.10. The van der Waals surface area contributed by atoms with Crippen molar-refractivity contribution < 1.29 is 9.21 Å². The van der Waals surface area contributed by atoms with Gasteiger partial charge in [-0.25, -0.2) is 4.79 Å². The zero-order chi connectivity index (χ0) is 15.1. The van der Waals surface area contributed by atoms with Gasteiger partial charge in [0.15, 0.2) is 5.17 Å². The SMILES string of the molecule is O=C(Nc1cc2c(oc1=O)N1CCN=C1S2)c1ccccc1. The molecule has 0 unspecified atom stereocenters. The largest absolute Gasteiger partial charge is 0.403 e. The van der Waals surface area contributed by atoms with Crippen LogP contribution in [0.25, 0.3) is 0 Å². The minimum atomic E-state index is -0.559. The number of aliphatic imine (C=N–C) groups is 1. The van der Waals surface area contributed by atoms with Gasteiger partial charge >= 0.3 is 5.63 Å². The maximum atomic E-state index is 12.1. The Labute approximate surface area is 129 Å². The molecule has 0 radical (unpaired) electrons. The third-order valence-electron chi connectivity index (χ3n) is 3.43. The van der Waals surface area contributed by atoms with Crippen molar-refractivity contribution in [2.24, 2.45) is 4.99 Å². The summed E-state index contributed by atoms with van der Waals surface area (Å²) in [6.45, 7) is 1.42. The Kier molecular flexibility index (Phi) is 3.00. The monoisotopic (exact) mass is 313 g/mol. The van der Waals surface area contributed by atoms with E-state index in [-0.39, 0.29) is 11.6 Å². The smallest absolute Gasteiger partial charge is 0.361 e. The molecular formula is C15H11N3O3S. The Bertz CT molecular complexity index is 845. The van der Waals surface area contributed by atoms with Gasteiger partial charge in [-0.3, -0.25) is 14.7 Å². The molecule has 0 atom stereocenters. The number of fused-ring (bicyclic) bond motifs is 3. The molecule has 1 N–H and O–H groups in total. The second kappa shape index (κ2) is 5.03. The second-order valence-electron chi connectivity index (χ2n) is 4.86. The van der Waals surface area contributed by atoms with Crippen LogP contribution in [0.3, 0.4) is 0 Å². The van der Waals surface area contributed by atoms with Gasteiger partial charge < -0.3 is 9.73 Å². The lowest BCUT2D eigenvalue weighted by molar-refractivity contribution is 0.102. The number of anilines is 2. The van der Waals surface area contributed by atoms with Crippen LogP contribution in [0.4, 0.5) is 11.6 Å². The first kappa shape index (κ1) is 13.1. The number of carbonyl (C=O) groups excluding carboxylic acids is 1. The topological polar surface area (TPSA) is 74.9 Å². The summed E-state index contributed by atoms with van der Waals surface area (Å²) in [5.41, 5.74) is 0.0682. The fourth-order valence-electron chi connectivity index (χ4n) is 2.38. The molecule has 0 aliphatic carbocycles. The number of amidine groups is 1. The standard InChI is InChI=1S/C15H11N3O3S/c19-12(9-4-2-1-3-5-9)17-10-8-11-13(21-14(10)20)18-7-6-16-15(18)22-11/h1-5,8H,6-7H2,(H,17,19). The number of rotatable bonds is 2. The maximum absolute atomic E-state index is 12.1. The number of nitrogens with zero attached hydrogens (tertiary/aromatic N) is 2. The highest BCUT2D eigenvalue weighted by Crippen LogP contribution is 2.41. The van der Waals surface area contributed by atoms with Crippen LogP contribution in [0.5, 0.6) is 0 Å². The van der Waals surface area contributed by atoms with E-state index in [0.29, 0.717) is 24.5 Å². The first-order chi connectivity index (χ1) is 10.7. The average Bonchev–Trinajstić information content (AvgIpc) is 3.10. The van der Waals surface area contributed by atoms with Gasteiger partial charge in [0, 0.05) is 12.1 Å². The Morgan fingerprint density at radius 2 is 2.14 bits per heavy atom. The summed E-state index contributed by atoms with van der Waals surface area (Å²) >= 11 is 1.44. The quantitative estimate of drug-likeness (QED) is 0.919. The van der Waals surface area contributed by atoms with Gasteiger partial charge in [0.2, 0.25) is 5.88 Å². The fraction of sp³-hybridized carbons (Fsp3) is 0.133. The predicted octanol–water partition coefficient (Wildman–Crippen LogP) is 2.17. The first-order valence-electron chi connectivity index (χ1n) is 6.77. The third kappa shape index (κ3) is 2.10. The summed E-state index contributed by atoms with van der Waals surface area (Å²) in [5.74, 6) is 0.178. The highest BCUT2D eigenvalue weighted by molar-refractivity contribution is 8.14. The van der Waals surface area contributed by atoms with Crippen LogP contribution in [-0.2, 0) is 0 Å². The molecule has 1 aromatic heterocycles. The number of hydrogen-bond donors (Lipinski definition) is 1. The van der Waals surface area contributed by atoms with Crippen molar-refractivity contribution in [1.82, 2.24) is 0 Å². The van der Waals surface area contributed by atoms with Crippen molar-refractivity contribution in [2.75, 3.05) is 23.3 Å². The third-order valence-corrected chi connectivity index (χ3v) is 4.47. The van der Waals surface area contributed by atoms with Gasteiger partial charge in [0.05, 0.1) is 11.4 Å². The van der Waals surface area contributed by atoms with Crippen LogP contribution in [0.1, 0.15) is 10.4 Å². The normalized spacial score (nSPS) is 15.3. The van der Waals surface area contributed by atoms with Crippen LogP contribution >= 0.6 is 11.8 Å². The molecule has 0 bridgehead atoms. The maximum Gasteiger partial charge on any atom is 0.361 e. The summed E-state index contributed by atoms with van der Waals surface area (Å²) < 4.78 is 5.36. The Hall–Kier alpha value is -2.54. The van der Waals surface area contributed by atoms with Gasteiger partial charge in [-0.15, -0.1) is 0 Å². The molecule has 2 aromatic rings. The Balaban J connectivity index is 1.65. The number of amides is 1. The van der Waals surface area contributed by atoms with Crippen LogP contribution in [0.2, 0.25) is 0 Å². The molecule has 6 nitrogen and oxygen atoms in total. The van der Waals surface area contributed by atoms with E-state index in [9.17, 15) is 9.59 Å². The molecule has 1 aromatic carbocycles. The predicted molar refractivity (Wildman–Crippen MR) is 84.9 cm³/mol. The molecule has 0 saturated carbocycles. The molecule has 3 heterocycles. The van der Waals surface area contributed by atoms with Crippen molar-refractivity contribution in [2.45, 2.75) is 4.90 Å². The van der Waals surface area contributed by atoms with E-state index in [4.69, 9.17) is 4.42 Å². The number of carbonyl (C=O) groups is 1. The highest BCUT2D eigenvalue weighted by Gasteiger charge is 2.33. The van der Waals surface area contributed by atoms with E-state index in [1.807, 2.05) is 11.0 Å². The second-order valence-corrected chi connectivity index (χ2v) is 5.86. The minimum Gasteiger partial charge on any atom is -0.403 e. The van der Waals surface area contributed by atoms with E-state index in [2.05, 4.69) is 10.3 Å². The summed E-state index contributed by atoms with van der Waals surface area (Å²) in [4.78, 5) is 31.2. The molecular weight excluding hydrogens is 302 g/mol. The first-order valence-corrected chi connectivity index (χ1v) is 7.58. The number of hydrogen-bond acceptors (Lipinski definition) is 6. The molecule has 0 saturated heterocycles. The molecule has 0 fully saturated rings. The Morgan fingerprint density at radius 3 is 2.95 bits per heavy atom. The van der Waals surface area contributed by atoms with Crippen LogP contribution in [0, 0.1) is 0 Å². The van der Waals surface area contributed by atoms with Crippen molar-refractivity contribution in [3.63, 3.8) is 0 Å². The van der Waals surface area contributed by atoms with Gasteiger partial charge in [-0.2, -0.15) is 0 Å². The molecule has 22 heavy (non-hydrogen) atoms. The molecule has 110 valence electrons. The zero-order valence-corrected chi connectivity index (χ0v) is 12.2. The van der Waals surface area contributed by atoms with Gasteiger partial charge in [-0.05, 0) is 30.0 Å². The average molecular weight is 313 g/mol. The number of benzene rings is 1. The molecule has 2 aliphatic rings. The molecule has 0 spiro atoms. The molecule has 4 rings (SSSR count). The highest BCUT2D eigenvalue weighted by atomic mass is 32.2. The van der Waals surface area contributed by atoms with Gasteiger partial charge in [0.25, 0.3) is 5.91 Å². The van der Waals surface area contributed by atoms with Gasteiger partial charge in [0.1, 0.15) is 5.69 Å². The minimum absolute atomic E-state index is 0.141. The summed E-state index contributed by atoms with van der Waals surface area (Å²) in [6.07, 6.45) is 0. The lowest BCUT2D eigenvalue weighted by atomic mass is 10.2. The van der Waals surface area contributed by atoms with Crippen LogP contribution < -0.4 is 15.8 Å². The van der Waals surface area contributed by atoms with E-state index in [0.717, 1.165) is 10.1 Å². The number of thioether (sulfide) groups is 1. The van der Waals surface area contributed by atoms with E-state index >= 15 is 0 Å². The van der Waals surface area contributed by atoms with Crippen LogP contribution in [-0.4, -0.2) is 24.2 Å². The lowest BCUT2D eigenvalue weighted by Crippen LogP contribution is -2.23. The van der Waals surface area contributed by atoms with Crippen molar-refractivity contribution >= 4 is 34.4 Å². The Morgan fingerprint density at radius 1 is 1.32 bits per heavy atom. The molecule has 7 heteroatoms. The fourth-order valence-corrected chi connectivity index (χ4v) is 3.43. The van der Waals surface area contributed by atoms with Gasteiger partial charge in [-0.1, -0.05) is 18.2 Å². The van der Waals surface area contributed by atoms with E-state index in [1.54, 1.807) is 30.3 Å². The van der Waals surface area contributed by atoms with Crippen molar-refractivity contribution in [1.29, 1.82) is 0 Å². The van der Waals surface area contributed by atoms with E-state index in [1.165, 1.54) is 11.8 Å². The number of nitrogens with one attached hydrogen (secondary N) is 1.